The average Bonchev–Trinajstić information content (AvgIpc) is 1.14. The van der Waals surface area contributed by atoms with Crippen LogP contribution in [0.3, 0.4) is 0 Å². The molecule has 9 heavy (non-hydrogen) atoms. The zero-order chi connectivity index (χ0) is 7.71. The van der Waals surface area contributed by atoms with Gasteiger partial charge in [0.1, 0.15) is 0 Å². The van der Waals surface area contributed by atoms with Crippen molar-refractivity contribution >= 4 is 0 Å². The Morgan fingerprint density at radius 3 is 1.56 bits per heavy atom. The number of hydrogen-bond acceptors (Lipinski definition) is 6. The van der Waals surface area contributed by atoms with E-state index >= 15 is 0 Å². The molecular formula is HMo2O7-. The molecule has 0 spiro atoms. The quantitative estimate of drug-likeness (QED) is 0.570. The Labute approximate surface area is 56.7 Å². The molecule has 0 aromatic carbocycles. The summed E-state index contributed by atoms with van der Waals surface area (Å²) in [5.74, 6) is 0. The van der Waals surface area contributed by atoms with Crippen LogP contribution in [0.15, 0.2) is 0 Å². The van der Waals surface area contributed by atoms with E-state index in [-0.39, 0.29) is 0 Å². The van der Waals surface area contributed by atoms with E-state index in [0.29, 0.717) is 0 Å². The van der Waals surface area contributed by atoms with E-state index in [1.54, 1.807) is 0 Å². The molecule has 0 heterocycles. The zero-order valence-electron chi connectivity index (χ0n) is 3.71. The molecule has 0 aromatic heterocycles. The Morgan fingerprint density at radius 2 is 1.56 bits per heavy atom. The van der Waals surface area contributed by atoms with Crippen LogP contribution in [0.5, 0.6) is 0 Å². The molecule has 0 aliphatic carbocycles. The molecule has 0 aromatic rings. The third-order valence-electron chi connectivity index (χ3n) is 0.169. The Hall–Kier alpha value is 0.457. The summed E-state index contributed by atoms with van der Waals surface area (Å²) in [7, 11) is 0. The molecule has 0 atom stereocenters. The predicted octanol–water partition coefficient (Wildman–Crippen LogP) is -2.29. The summed E-state index contributed by atoms with van der Waals surface area (Å²) in [6.45, 7) is 0. The van der Waals surface area contributed by atoms with Crippen molar-refractivity contribution in [3.63, 3.8) is 0 Å². The molecule has 9 heteroatoms. The second kappa shape index (κ2) is 2.60. The van der Waals surface area contributed by atoms with Crippen LogP contribution in [0.25, 0.3) is 0 Å². The molecule has 0 unspecified atom stereocenters. The Balaban J connectivity index is 4.46. The van der Waals surface area contributed by atoms with Crippen LogP contribution in [0, 0.1) is 0 Å². The predicted molar refractivity (Wildman–Crippen MR) is 6.05 cm³/mol. The molecule has 0 bridgehead atoms. The third kappa shape index (κ3) is 8.46. The van der Waals surface area contributed by atoms with E-state index in [9.17, 15) is 17.4 Å². The Bertz CT molecular complexity index is 232. The van der Waals surface area contributed by atoms with Crippen molar-refractivity contribution in [1.29, 1.82) is 0 Å². The first-order valence-electron chi connectivity index (χ1n) is 1.35. The summed E-state index contributed by atoms with van der Waals surface area (Å²) >= 11 is -12.4. The van der Waals surface area contributed by atoms with Crippen molar-refractivity contribution in [2.24, 2.45) is 0 Å². The first-order chi connectivity index (χ1) is 3.71. The van der Waals surface area contributed by atoms with E-state index in [4.69, 9.17) is 3.76 Å². The van der Waals surface area contributed by atoms with Gasteiger partial charge in [0.2, 0.25) is 0 Å². The van der Waals surface area contributed by atoms with Gasteiger partial charge in [-0.15, -0.1) is 0 Å². The second-order valence-electron chi connectivity index (χ2n) is 0.904. The summed E-state index contributed by atoms with van der Waals surface area (Å²) in [5, 5.41) is 0. The van der Waals surface area contributed by atoms with E-state index in [0.717, 1.165) is 0 Å². The fourth-order valence-corrected chi connectivity index (χ4v) is 3.69. The van der Waals surface area contributed by atoms with Crippen molar-refractivity contribution in [1.82, 2.24) is 0 Å². The van der Waals surface area contributed by atoms with Gasteiger partial charge in [-0.2, -0.15) is 0 Å². The number of hydrogen-bond donors (Lipinski definition) is 1. The second-order valence-corrected chi connectivity index (χ2v) is 7.33. The maximum absolute atomic E-state index is 9.53. The van der Waals surface area contributed by atoms with Gasteiger partial charge < -0.3 is 0 Å². The summed E-state index contributed by atoms with van der Waals surface area (Å²) in [4.78, 5) is 0. The molecule has 0 fully saturated rings. The minimum absolute atomic E-state index is 2.78. The third-order valence-corrected chi connectivity index (χ3v) is 5.93. The Kier molecular flexibility index (Phi) is 2.73. The molecule has 0 aliphatic heterocycles. The van der Waals surface area contributed by atoms with Crippen LogP contribution in [-0.4, -0.2) is 3.76 Å². The molecular weight excluding hydrogens is 304 g/mol. The Morgan fingerprint density at radius 1 is 1.22 bits per heavy atom. The SMILES string of the molecule is [O]=[Mo](=[O])([O-])[O][Mo](=[O])(=[O])[OH]. The van der Waals surface area contributed by atoms with Crippen LogP contribution in [0.4, 0.5) is 0 Å². The van der Waals surface area contributed by atoms with Crippen LogP contribution in [0.1, 0.15) is 0 Å². The molecule has 0 radical (unpaired) electrons. The molecule has 0 rings (SSSR count). The zero-order valence-corrected chi connectivity index (χ0v) is 7.73. The summed E-state index contributed by atoms with van der Waals surface area (Å²) in [5.41, 5.74) is 0. The monoisotopic (exact) mass is 309 g/mol. The minimum atomic E-state index is -6.30. The normalized spacial score (nSPS) is 13.6. The summed E-state index contributed by atoms with van der Waals surface area (Å²) in [6.07, 6.45) is 0. The van der Waals surface area contributed by atoms with Crippen molar-refractivity contribution in [2.75, 3.05) is 0 Å². The van der Waals surface area contributed by atoms with Gasteiger partial charge in [-0.1, -0.05) is 0 Å². The molecule has 1 N–H and O–H groups in total. The van der Waals surface area contributed by atoms with Gasteiger partial charge in [0.25, 0.3) is 0 Å². The van der Waals surface area contributed by atoms with Crippen LogP contribution in [-0.2, 0) is 49.1 Å². The first-order valence-corrected chi connectivity index (χ1v) is 7.98. The first kappa shape index (κ1) is 9.46. The van der Waals surface area contributed by atoms with Gasteiger partial charge in [-0.3, -0.25) is 0 Å². The van der Waals surface area contributed by atoms with Crippen LogP contribution >= 0.6 is 0 Å². The summed E-state index contributed by atoms with van der Waals surface area (Å²) < 4.78 is 57.9. The van der Waals surface area contributed by atoms with E-state index in [1.165, 1.54) is 0 Å². The van der Waals surface area contributed by atoms with Crippen molar-refractivity contribution in [3.8, 4) is 0 Å². The topological polar surface area (TPSA) is 121 Å². The maximum atomic E-state index is 9.53. The number of rotatable bonds is 2. The standard InChI is InChI=1S/2Mo.H2O.6O/h;;1H2;;;;;;/q;+1;;;;;;;-1/p-1. The molecule has 56 valence electrons. The van der Waals surface area contributed by atoms with Gasteiger partial charge >= 0.3 is 56.6 Å². The van der Waals surface area contributed by atoms with Crippen LogP contribution in [0.2, 0.25) is 0 Å². The van der Waals surface area contributed by atoms with Gasteiger partial charge in [0.05, 0.1) is 0 Å². The average molecular weight is 305 g/mol. The molecule has 0 saturated carbocycles. The molecule has 0 amide bonds. The van der Waals surface area contributed by atoms with Gasteiger partial charge in [-0.05, 0) is 0 Å². The van der Waals surface area contributed by atoms with Gasteiger partial charge in [-0.25, -0.2) is 0 Å². The van der Waals surface area contributed by atoms with E-state index < -0.39 is 33.5 Å². The molecule has 7 nitrogen and oxygen atoms in total. The van der Waals surface area contributed by atoms with Gasteiger partial charge in [0, 0.05) is 0 Å². The fraction of sp³-hybridized carbons (Fsp3) is 0. The molecule has 0 saturated heterocycles. The van der Waals surface area contributed by atoms with Crippen molar-refractivity contribution < 1.29 is 56.6 Å². The van der Waals surface area contributed by atoms with Gasteiger partial charge in [0.15, 0.2) is 0 Å². The van der Waals surface area contributed by atoms with Crippen LogP contribution < -0.4 is 3.76 Å². The van der Waals surface area contributed by atoms with Crippen molar-refractivity contribution in [2.45, 2.75) is 0 Å². The summed E-state index contributed by atoms with van der Waals surface area (Å²) in [6, 6.07) is 0. The molecule has 0 aliphatic rings. The van der Waals surface area contributed by atoms with E-state index in [1.807, 2.05) is 0 Å². The van der Waals surface area contributed by atoms with E-state index in [2.05, 4.69) is 2.04 Å². The van der Waals surface area contributed by atoms with Crippen molar-refractivity contribution in [3.05, 3.63) is 0 Å². The fourth-order valence-electron chi connectivity index (χ4n) is 0.105.